The summed E-state index contributed by atoms with van der Waals surface area (Å²) in [5, 5.41) is 21.0. The summed E-state index contributed by atoms with van der Waals surface area (Å²) in [7, 11) is -1.49. The fraction of sp³-hybridized carbons (Fsp3) is 0.364. The van der Waals surface area contributed by atoms with Crippen molar-refractivity contribution in [1.29, 1.82) is 0 Å². The lowest BCUT2D eigenvalue weighted by molar-refractivity contribution is 0.0951. The summed E-state index contributed by atoms with van der Waals surface area (Å²) in [6, 6.07) is 5.18. The van der Waals surface area contributed by atoms with Gasteiger partial charge in [0.1, 0.15) is 0 Å². The quantitative estimate of drug-likeness (QED) is 0.604. The minimum absolute atomic E-state index is 0.0930. The van der Waals surface area contributed by atoms with E-state index in [1.807, 2.05) is 0 Å². The summed E-state index contributed by atoms with van der Waals surface area (Å²) in [6.45, 7) is 1.75. The van der Waals surface area contributed by atoms with Crippen LogP contribution in [0.4, 0.5) is 0 Å². The van der Waals surface area contributed by atoms with E-state index in [0.29, 0.717) is 22.6 Å². The molecule has 0 bridgehead atoms. The normalized spacial score (nSPS) is 14.7. The third-order valence-electron chi connectivity index (χ3n) is 2.72. The van der Waals surface area contributed by atoms with Gasteiger partial charge in [-0.25, -0.2) is 0 Å². The van der Waals surface area contributed by atoms with Crippen LogP contribution < -0.4 is 10.8 Å². The Morgan fingerprint density at radius 3 is 2.62 bits per heavy atom. The Labute approximate surface area is 94.4 Å². The molecular formula is C11H14BNO3. The maximum Gasteiger partial charge on any atom is 0.488 e. The van der Waals surface area contributed by atoms with Crippen molar-refractivity contribution in [3.05, 3.63) is 29.3 Å². The molecular weight excluding hydrogens is 205 g/mol. The molecule has 0 aliphatic heterocycles. The van der Waals surface area contributed by atoms with Crippen LogP contribution in [0.2, 0.25) is 0 Å². The summed E-state index contributed by atoms with van der Waals surface area (Å²) in [4.78, 5) is 11.7. The minimum atomic E-state index is -1.49. The fourth-order valence-electron chi connectivity index (χ4n) is 1.60. The smallest absolute Gasteiger partial charge is 0.423 e. The second-order valence-electron chi connectivity index (χ2n) is 4.19. The highest BCUT2D eigenvalue weighted by atomic mass is 16.4. The van der Waals surface area contributed by atoms with Crippen molar-refractivity contribution in [3.8, 4) is 0 Å². The van der Waals surface area contributed by atoms with Gasteiger partial charge in [0.25, 0.3) is 5.91 Å². The fourth-order valence-corrected chi connectivity index (χ4v) is 1.60. The molecule has 0 heterocycles. The van der Waals surface area contributed by atoms with E-state index in [1.54, 1.807) is 25.1 Å². The first-order valence-electron chi connectivity index (χ1n) is 5.35. The highest BCUT2D eigenvalue weighted by Gasteiger charge is 2.24. The molecule has 84 valence electrons. The molecule has 0 atom stereocenters. The van der Waals surface area contributed by atoms with Crippen molar-refractivity contribution in [3.63, 3.8) is 0 Å². The van der Waals surface area contributed by atoms with Gasteiger partial charge in [0.2, 0.25) is 0 Å². The molecule has 0 spiro atoms. The van der Waals surface area contributed by atoms with Gasteiger partial charge >= 0.3 is 7.12 Å². The van der Waals surface area contributed by atoms with E-state index < -0.39 is 7.12 Å². The van der Waals surface area contributed by atoms with Crippen molar-refractivity contribution in [1.82, 2.24) is 5.32 Å². The monoisotopic (exact) mass is 219 g/mol. The molecule has 1 amide bonds. The zero-order valence-electron chi connectivity index (χ0n) is 9.10. The molecule has 1 aliphatic carbocycles. The molecule has 0 unspecified atom stereocenters. The Morgan fingerprint density at radius 2 is 2.12 bits per heavy atom. The molecule has 0 radical (unpaired) electrons. The van der Waals surface area contributed by atoms with Crippen LogP contribution in [-0.4, -0.2) is 29.1 Å². The van der Waals surface area contributed by atoms with Crippen molar-refractivity contribution < 1.29 is 14.8 Å². The van der Waals surface area contributed by atoms with Crippen LogP contribution in [0, 0.1) is 6.92 Å². The number of hydrogen-bond acceptors (Lipinski definition) is 3. The largest absolute Gasteiger partial charge is 0.488 e. The first-order valence-corrected chi connectivity index (χ1v) is 5.35. The number of carbonyl (C=O) groups excluding carboxylic acids is 1. The van der Waals surface area contributed by atoms with Gasteiger partial charge in [-0.3, -0.25) is 4.79 Å². The van der Waals surface area contributed by atoms with E-state index >= 15 is 0 Å². The third kappa shape index (κ3) is 2.43. The number of amides is 1. The van der Waals surface area contributed by atoms with Crippen molar-refractivity contribution in [2.45, 2.75) is 25.8 Å². The predicted molar refractivity (Wildman–Crippen MR) is 61.5 cm³/mol. The van der Waals surface area contributed by atoms with E-state index in [9.17, 15) is 4.79 Å². The van der Waals surface area contributed by atoms with Gasteiger partial charge < -0.3 is 15.4 Å². The molecule has 1 saturated carbocycles. The van der Waals surface area contributed by atoms with Crippen molar-refractivity contribution in [2.75, 3.05) is 0 Å². The van der Waals surface area contributed by atoms with E-state index in [4.69, 9.17) is 10.0 Å². The maximum absolute atomic E-state index is 11.7. The van der Waals surface area contributed by atoms with E-state index in [0.717, 1.165) is 12.8 Å². The molecule has 16 heavy (non-hydrogen) atoms. The van der Waals surface area contributed by atoms with Crippen LogP contribution in [0.5, 0.6) is 0 Å². The summed E-state index contributed by atoms with van der Waals surface area (Å²) >= 11 is 0. The lowest BCUT2D eigenvalue weighted by Crippen LogP contribution is -2.33. The van der Waals surface area contributed by atoms with Crippen LogP contribution in [0.1, 0.15) is 28.8 Å². The van der Waals surface area contributed by atoms with Crippen molar-refractivity contribution in [2.24, 2.45) is 0 Å². The van der Waals surface area contributed by atoms with Crippen LogP contribution in [0.3, 0.4) is 0 Å². The van der Waals surface area contributed by atoms with Crippen LogP contribution >= 0.6 is 0 Å². The zero-order chi connectivity index (χ0) is 11.7. The zero-order valence-corrected chi connectivity index (χ0v) is 9.10. The van der Waals surface area contributed by atoms with Gasteiger partial charge in [-0.2, -0.15) is 0 Å². The summed E-state index contributed by atoms with van der Waals surface area (Å²) < 4.78 is 0. The Morgan fingerprint density at radius 1 is 1.44 bits per heavy atom. The molecule has 0 saturated heterocycles. The Bertz CT molecular complexity index is 416. The molecule has 1 aromatic carbocycles. The summed E-state index contributed by atoms with van der Waals surface area (Å²) in [6.07, 6.45) is 2.11. The first kappa shape index (κ1) is 11.2. The van der Waals surface area contributed by atoms with E-state index in [1.165, 1.54) is 0 Å². The number of hydrogen-bond donors (Lipinski definition) is 3. The molecule has 1 aromatic rings. The highest BCUT2D eigenvalue weighted by molar-refractivity contribution is 6.59. The molecule has 5 heteroatoms. The average molecular weight is 219 g/mol. The number of aryl methyl sites for hydroxylation is 1. The third-order valence-corrected chi connectivity index (χ3v) is 2.72. The predicted octanol–water partition coefficient (Wildman–Crippen LogP) is -0.433. The molecule has 4 nitrogen and oxygen atoms in total. The second-order valence-corrected chi connectivity index (χ2v) is 4.19. The Kier molecular flexibility index (Phi) is 2.98. The standard InChI is InChI=1S/C11H14BNO3/c1-7-6-8(2-5-10(7)12(15)16)11(14)13-9-3-4-9/h2,5-6,9,15-16H,3-4H2,1H3,(H,13,14). The van der Waals surface area contributed by atoms with Gasteiger partial charge in [-0.1, -0.05) is 11.6 Å². The highest BCUT2D eigenvalue weighted by Crippen LogP contribution is 2.19. The summed E-state index contributed by atoms with van der Waals surface area (Å²) in [5.41, 5.74) is 1.70. The van der Waals surface area contributed by atoms with Gasteiger partial charge in [-0.05, 0) is 37.4 Å². The summed E-state index contributed by atoms with van der Waals surface area (Å²) in [5.74, 6) is -0.0930. The minimum Gasteiger partial charge on any atom is -0.423 e. The molecule has 0 aromatic heterocycles. The SMILES string of the molecule is Cc1cc(C(=O)NC2CC2)ccc1B(O)O. The molecule has 3 N–H and O–H groups in total. The topological polar surface area (TPSA) is 69.6 Å². The lowest BCUT2D eigenvalue weighted by atomic mass is 9.77. The number of benzene rings is 1. The number of nitrogens with one attached hydrogen (secondary N) is 1. The number of rotatable bonds is 3. The second kappa shape index (κ2) is 4.27. The van der Waals surface area contributed by atoms with Crippen molar-refractivity contribution >= 4 is 18.5 Å². The van der Waals surface area contributed by atoms with Gasteiger partial charge in [0.15, 0.2) is 0 Å². The molecule has 1 fully saturated rings. The maximum atomic E-state index is 11.7. The molecule has 1 aliphatic rings. The lowest BCUT2D eigenvalue weighted by Gasteiger charge is -2.08. The van der Waals surface area contributed by atoms with Gasteiger partial charge in [0, 0.05) is 11.6 Å². The number of carbonyl (C=O) groups is 1. The Hall–Kier alpha value is -1.33. The van der Waals surface area contributed by atoms with E-state index in [-0.39, 0.29) is 5.91 Å². The van der Waals surface area contributed by atoms with E-state index in [2.05, 4.69) is 5.32 Å². The Balaban J connectivity index is 2.16. The van der Waals surface area contributed by atoms with Crippen LogP contribution in [0.25, 0.3) is 0 Å². The van der Waals surface area contributed by atoms with Crippen LogP contribution in [-0.2, 0) is 0 Å². The molecule has 2 rings (SSSR count). The average Bonchev–Trinajstić information content (AvgIpc) is 3.00. The van der Waals surface area contributed by atoms with Gasteiger partial charge in [-0.15, -0.1) is 0 Å². The van der Waals surface area contributed by atoms with Crippen LogP contribution in [0.15, 0.2) is 18.2 Å². The van der Waals surface area contributed by atoms with Gasteiger partial charge in [0.05, 0.1) is 0 Å². The first-order chi connectivity index (χ1) is 7.58.